The summed E-state index contributed by atoms with van der Waals surface area (Å²) in [6, 6.07) is 15.2. The molecule has 0 saturated carbocycles. The van der Waals surface area contributed by atoms with Gasteiger partial charge in [-0.05, 0) is 106 Å². The van der Waals surface area contributed by atoms with Crippen LogP contribution in [0.4, 0.5) is 0 Å². The lowest BCUT2D eigenvalue weighted by molar-refractivity contribution is -0.141. The van der Waals surface area contributed by atoms with E-state index in [9.17, 15) is 29.2 Å². The fourth-order valence-corrected chi connectivity index (χ4v) is 7.85. The Morgan fingerprint density at radius 1 is 0.868 bits per heavy atom. The number of hydrogen-bond donors (Lipinski definition) is 7. The van der Waals surface area contributed by atoms with Gasteiger partial charge in [0.25, 0.3) is 5.91 Å². The van der Waals surface area contributed by atoms with E-state index in [0.717, 1.165) is 11.1 Å². The summed E-state index contributed by atoms with van der Waals surface area (Å²) >= 11 is 0. The smallest absolute Gasteiger partial charge is 0.255 e. The summed E-state index contributed by atoms with van der Waals surface area (Å²) in [7, 11) is 1.43. The zero-order valence-corrected chi connectivity index (χ0v) is 40.0. The van der Waals surface area contributed by atoms with Gasteiger partial charge in [-0.25, -0.2) is 9.97 Å². The number of aromatic nitrogens is 2. The van der Waals surface area contributed by atoms with Crippen molar-refractivity contribution < 1.29 is 33.4 Å². The quantitative estimate of drug-likeness (QED) is 0.0593. The van der Waals surface area contributed by atoms with Crippen LogP contribution in [0.5, 0.6) is 11.5 Å². The summed E-state index contributed by atoms with van der Waals surface area (Å²) in [6.45, 7) is 12.2. The molecule has 18 nitrogen and oxygen atoms in total. The summed E-state index contributed by atoms with van der Waals surface area (Å²) in [5.74, 6) is -2.00. The molecule has 18 heteroatoms. The molecule has 4 bridgehead atoms. The maximum Gasteiger partial charge on any atom is 0.255 e. The Bertz CT molecular complexity index is 2480. The van der Waals surface area contributed by atoms with Crippen LogP contribution in [0.15, 0.2) is 60.7 Å². The molecule has 10 N–H and O–H groups in total. The maximum atomic E-state index is 14.8. The molecule has 1 aliphatic rings. The molecule has 362 valence electrons. The number of ether oxygens (including phenoxy) is 2. The Morgan fingerprint density at radius 2 is 1.47 bits per heavy atom. The van der Waals surface area contributed by atoms with Gasteiger partial charge in [-0.2, -0.15) is 5.26 Å². The molecule has 0 saturated heterocycles. The molecular formula is C50H65N11O7. The van der Waals surface area contributed by atoms with Gasteiger partial charge in [0.1, 0.15) is 42.2 Å². The number of fused-ring (bicyclic) bond motifs is 5. The van der Waals surface area contributed by atoms with Crippen LogP contribution in [0.3, 0.4) is 0 Å². The number of aryl methyl sites for hydroxylation is 2. The highest BCUT2D eigenvalue weighted by Gasteiger charge is 2.36. The van der Waals surface area contributed by atoms with Gasteiger partial charge in [0.15, 0.2) is 5.82 Å². The van der Waals surface area contributed by atoms with E-state index in [0.29, 0.717) is 76.9 Å². The largest absolute Gasteiger partial charge is 0.493 e. The first-order valence-corrected chi connectivity index (χ1v) is 22.8. The zero-order chi connectivity index (χ0) is 49.7. The molecule has 1 aliphatic heterocycles. The van der Waals surface area contributed by atoms with Gasteiger partial charge in [-0.3, -0.25) is 24.0 Å². The van der Waals surface area contributed by atoms with Gasteiger partial charge >= 0.3 is 0 Å². The highest BCUT2D eigenvalue weighted by Crippen LogP contribution is 2.40. The Morgan fingerprint density at radius 3 is 2.04 bits per heavy atom. The van der Waals surface area contributed by atoms with Crippen LogP contribution < -0.4 is 47.9 Å². The van der Waals surface area contributed by atoms with Crippen LogP contribution >= 0.6 is 0 Å². The molecule has 0 fully saturated rings. The second-order valence-corrected chi connectivity index (χ2v) is 17.8. The summed E-state index contributed by atoms with van der Waals surface area (Å²) in [4.78, 5) is 81.4. The van der Waals surface area contributed by atoms with Gasteiger partial charge in [0, 0.05) is 30.2 Å². The van der Waals surface area contributed by atoms with Crippen molar-refractivity contribution in [2.75, 3.05) is 46.4 Å². The first-order valence-electron chi connectivity index (χ1n) is 22.8. The SMILES string of the molecule is Cc1nc(-c2ccc(C(C)(C)C)cc2)nc(C)c1C(=O)N[C@@H](CCN)C(=O)N(C)[C@@H]1C(=O)N[C@@H](C)C(=O)N[C@H](C(=O)NCC#N)Cc2ccc(OCCCN)c(c2)-c2cc1ccc2OCCCN. The summed E-state index contributed by atoms with van der Waals surface area (Å²) in [6.07, 6.45) is 1.10. The number of benzene rings is 3. The third-order valence-corrected chi connectivity index (χ3v) is 11.6. The lowest BCUT2D eigenvalue weighted by Gasteiger charge is -2.32. The van der Waals surface area contributed by atoms with Gasteiger partial charge < -0.3 is 52.8 Å². The van der Waals surface area contributed by atoms with Crippen LogP contribution in [0.25, 0.3) is 22.5 Å². The average molecular weight is 932 g/mol. The Balaban J connectivity index is 1.58. The molecule has 2 heterocycles. The molecule has 68 heavy (non-hydrogen) atoms. The van der Waals surface area contributed by atoms with Crippen molar-refractivity contribution in [1.82, 2.24) is 36.1 Å². The van der Waals surface area contributed by atoms with Gasteiger partial charge in [0.05, 0.1) is 36.2 Å². The number of carbonyl (C=O) groups is 5. The lowest BCUT2D eigenvalue weighted by Crippen LogP contribution is -2.56. The molecule has 5 rings (SSSR count). The van der Waals surface area contributed by atoms with Crippen molar-refractivity contribution in [2.45, 2.75) is 96.8 Å². The third-order valence-electron chi connectivity index (χ3n) is 11.6. The molecule has 0 radical (unpaired) electrons. The van der Waals surface area contributed by atoms with Crippen LogP contribution in [0.1, 0.15) is 91.4 Å². The average Bonchev–Trinajstić information content (AvgIpc) is 3.30. The van der Waals surface area contributed by atoms with E-state index in [-0.39, 0.29) is 50.1 Å². The standard InChI is InChI=1S/C50H65N11O7/c1-29-42(30(2)57-44(56-29)33-11-14-35(15-12-33)50(4,5)6)47(64)59-38(18-21-53)49(66)61(7)43-34-13-17-41(68-25-9-20-52)37(28-34)36-26-32(10-16-40(36)67-24-8-19-51)27-39(46(63)55-23-22-54)60-45(62)31(3)58-48(43)65/h10-17,26,28,31,38-39,43H,8-9,18-21,23-25,27,51-53H2,1-7H3,(H,55,63)(H,58,65)(H,59,64)(H,60,62)/t31-,38-,39-,43-/m0/s1. The fraction of sp³-hybridized carbons (Fsp3) is 0.440. The minimum Gasteiger partial charge on any atom is -0.493 e. The predicted octanol–water partition coefficient (Wildman–Crippen LogP) is 3.01. The first-order chi connectivity index (χ1) is 32.4. The highest BCUT2D eigenvalue weighted by molar-refractivity contribution is 6.00. The van der Waals surface area contributed by atoms with E-state index in [1.54, 1.807) is 50.2 Å². The Kier molecular flexibility index (Phi) is 18.1. The third kappa shape index (κ3) is 12.9. The summed E-state index contributed by atoms with van der Waals surface area (Å²) in [5.41, 5.74) is 22.5. The van der Waals surface area contributed by atoms with E-state index in [4.69, 9.17) is 26.7 Å². The van der Waals surface area contributed by atoms with Gasteiger partial charge in [-0.15, -0.1) is 0 Å². The van der Waals surface area contributed by atoms with E-state index >= 15 is 0 Å². The minimum absolute atomic E-state index is 0.00191. The summed E-state index contributed by atoms with van der Waals surface area (Å²) in [5, 5.41) is 20.0. The van der Waals surface area contributed by atoms with Crippen LogP contribution in [-0.2, 0) is 31.0 Å². The monoisotopic (exact) mass is 932 g/mol. The molecule has 1 aromatic heterocycles. The van der Waals surface area contributed by atoms with E-state index < -0.39 is 53.7 Å². The number of carbonyl (C=O) groups excluding carboxylic acids is 5. The molecule has 0 aliphatic carbocycles. The number of nitrogens with one attached hydrogen (secondary N) is 4. The molecule has 0 spiro atoms. The zero-order valence-electron chi connectivity index (χ0n) is 40.0. The lowest BCUT2D eigenvalue weighted by atomic mass is 9.86. The minimum atomic E-state index is -1.40. The van der Waals surface area contributed by atoms with E-state index in [1.807, 2.05) is 30.3 Å². The Labute approximate surface area is 398 Å². The van der Waals surface area contributed by atoms with Crippen molar-refractivity contribution in [2.24, 2.45) is 17.2 Å². The van der Waals surface area contributed by atoms with Crippen molar-refractivity contribution in [3.8, 4) is 40.1 Å². The first kappa shape index (κ1) is 52.0. The molecule has 4 aromatic rings. The van der Waals surface area contributed by atoms with E-state index in [1.165, 1.54) is 18.9 Å². The van der Waals surface area contributed by atoms with Crippen LogP contribution in [0.2, 0.25) is 0 Å². The van der Waals surface area contributed by atoms with E-state index in [2.05, 4.69) is 52.0 Å². The number of amides is 5. The second-order valence-electron chi connectivity index (χ2n) is 17.8. The van der Waals surface area contributed by atoms with Crippen molar-refractivity contribution >= 4 is 29.5 Å². The number of nitriles is 1. The van der Waals surface area contributed by atoms with Crippen molar-refractivity contribution in [3.05, 3.63) is 94.3 Å². The maximum absolute atomic E-state index is 14.8. The molecule has 0 unspecified atom stereocenters. The fourth-order valence-electron chi connectivity index (χ4n) is 7.85. The van der Waals surface area contributed by atoms with Crippen LogP contribution in [-0.4, -0.2) is 109 Å². The Hall–Kier alpha value is -6.94. The topological polar surface area (TPSA) is 283 Å². The number of nitrogens with two attached hydrogens (primary N) is 3. The van der Waals surface area contributed by atoms with Crippen molar-refractivity contribution in [1.29, 1.82) is 5.26 Å². The van der Waals surface area contributed by atoms with Crippen molar-refractivity contribution in [3.63, 3.8) is 0 Å². The molecule has 3 aromatic carbocycles. The number of hydrogen-bond acceptors (Lipinski definition) is 13. The number of rotatable bonds is 17. The van der Waals surface area contributed by atoms with Crippen LogP contribution in [0, 0.1) is 25.2 Å². The van der Waals surface area contributed by atoms with Gasteiger partial charge in [0.2, 0.25) is 23.6 Å². The molecule has 5 amide bonds. The van der Waals surface area contributed by atoms with Gasteiger partial charge in [-0.1, -0.05) is 57.2 Å². The molecule has 4 atom stereocenters. The normalized spacial score (nSPS) is 16.5. The summed E-state index contributed by atoms with van der Waals surface area (Å²) < 4.78 is 12.5. The highest BCUT2D eigenvalue weighted by atomic mass is 16.5. The number of likely N-dealkylation sites (N-methyl/N-ethyl adjacent to an activating group) is 1. The predicted molar refractivity (Wildman–Crippen MR) is 258 cm³/mol. The number of nitrogens with zero attached hydrogens (tertiary/aromatic N) is 4. The second kappa shape index (κ2) is 23.7. The molecular weight excluding hydrogens is 867 g/mol.